The Morgan fingerprint density at radius 3 is 1.07 bits per heavy atom. The van der Waals surface area contributed by atoms with Gasteiger partial charge in [-0.25, -0.2) is 0 Å². The zero-order valence-corrected chi connectivity index (χ0v) is 67.0. The highest BCUT2D eigenvalue weighted by molar-refractivity contribution is 5.73. The summed E-state index contributed by atoms with van der Waals surface area (Å²) in [5.74, 6) is -8.15. The third-order valence-electron chi connectivity index (χ3n) is 24.0. The van der Waals surface area contributed by atoms with Crippen molar-refractivity contribution in [3.8, 4) is 0 Å². The van der Waals surface area contributed by atoms with Crippen LogP contribution in [0, 0.1) is 35.5 Å². The van der Waals surface area contributed by atoms with Crippen molar-refractivity contribution in [3.63, 3.8) is 0 Å². The highest BCUT2D eigenvalue weighted by atomic mass is 16.8. The lowest BCUT2D eigenvalue weighted by Gasteiger charge is -2.51. The number of ether oxygens (including phenoxy) is 21. The summed E-state index contributed by atoms with van der Waals surface area (Å²) in [6.07, 6.45) is -78.7. The first kappa shape index (κ1) is 98.9. The van der Waals surface area contributed by atoms with Gasteiger partial charge in [0.05, 0.1) is 90.0 Å². The standard InChI is InChI=1S/C72H121NO47/c1-20-21(2)55(103-28(9)83)71(111-36(20)17-100-27(8)82)117-58-35(16-80)110-66(25(6)43(58)87)119-61-52(96)47(91)37(18-101-64-22(3)40(84)44(88)29(10-74)105-64)113-70(61)102-19-38-48(92)60(54(98)69(112-38)116-57-34(15-79)108-65(23(4)41(57)85)114-59-32(13-77)104-63(99)39(49(59)93)73-26(7)81)118-72-62(51(95)46(90)31(12-76)107-72)120-67-24(5)42(86)56(33(14-78)109-67)115-68-53(97)50(94)45(89)30(11-75)106-68/h20-25,29-72,74-80,84-99H,10-19H2,1-9H3,(H,73,81)/t20-,21+,22?,23?,24?,25?,29?,30?,31?,32?,33?,34?,35?,36?,37?,38?,39?,40-,41-,42-,43-,44-,45+,46+,47-,48-,49-,50+,51?,52+,53?,54?,55?,56-,57-,58-,59-,60+,61?,62+,63?,64-,65+,66+,67+,68+,69+,70+,71+,72+/m1/s1. The van der Waals surface area contributed by atoms with Crippen LogP contribution in [0.3, 0.4) is 0 Å². The molecule has 10 rings (SSSR count). The van der Waals surface area contributed by atoms with E-state index in [-0.39, 0.29) is 6.61 Å². The molecule has 0 saturated carbocycles. The number of aliphatic hydroxyl groups excluding tert-OH is 23. The fourth-order valence-corrected chi connectivity index (χ4v) is 16.3. The van der Waals surface area contributed by atoms with E-state index in [0.717, 1.165) is 13.8 Å². The van der Waals surface area contributed by atoms with Crippen molar-refractivity contribution < 1.29 is 231 Å². The Bertz CT molecular complexity index is 3160. The van der Waals surface area contributed by atoms with Gasteiger partial charge in [-0.05, 0) is 5.92 Å². The smallest absolute Gasteiger partial charge is 0.303 e. The minimum Gasteiger partial charge on any atom is -0.463 e. The second-order valence-corrected chi connectivity index (χ2v) is 32.2. The molecule has 50 atom stereocenters. The molecule has 0 aliphatic carbocycles. The van der Waals surface area contributed by atoms with Gasteiger partial charge in [-0.15, -0.1) is 0 Å². The second kappa shape index (κ2) is 43.2. The van der Waals surface area contributed by atoms with Gasteiger partial charge in [0.1, 0.15) is 177 Å². The van der Waals surface area contributed by atoms with Gasteiger partial charge in [0.25, 0.3) is 0 Å². The topological polar surface area (TPSA) is 722 Å². The number of carbonyl (C=O) groups is 3. The van der Waals surface area contributed by atoms with E-state index in [2.05, 4.69) is 5.32 Å². The van der Waals surface area contributed by atoms with Crippen LogP contribution >= 0.6 is 0 Å². The average molecular weight is 1750 g/mol. The molecule has 0 aromatic heterocycles. The molecule has 10 heterocycles. The van der Waals surface area contributed by atoms with Crippen LogP contribution in [-0.4, -0.2) is 472 Å². The molecule has 0 bridgehead atoms. The molecule has 10 aliphatic rings. The van der Waals surface area contributed by atoms with Gasteiger partial charge >= 0.3 is 11.9 Å². The quantitative estimate of drug-likeness (QED) is 0.0287. The molecular formula is C72H121NO47. The number of hydrogen-bond acceptors (Lipinski definition) is 47. The molecule has 10 fully saturated rings. The molecule has 10 aliphatic heterocycles. The van der Waals surface area contributed by atoms with Crippen molar-refractivity contribution in [1.82, 2.24) is 5.32 Å². The normalized spacial score (nSPS) is 50.4. The summed E-state index contributed by atoms with van der Waals surface area (Å²) in [6, 6.07) is -1.55. The van der Waals surface area contributed by atoms with Gasteiger partial charge < -0.3 is 222 Å². The maximum Gasteiger partial charge on any atom is 0.303 e. The number of carbonyl (C=O) groups excluding carboxylic acids is 3. The SMILES string of the molecule is CC(=O)NC1C(O)OC(CO)[C@@H](O[C@@H]2OC(CO)[C@@H](O[C@@H]3OC(CO[C@H]4OC(CO[C@@H]5OC(CO)[C@@H](O)[C@H](O)C5C)[C@@H](O)[C@H](O)C4O[C@@H]4OC(CO)[C@@H](O[C@@H]5OC(COC(C)=O)[C@H](C)[C@H](C)C5OC(C)=O)[C@H](O)C4C)[C@@H](O)[C@H](O[C@@H]4OC(CO)[C@H](O)C(O)[C@@H]4O[C@@H]4OC(CO)[C@@H](O[C@@H]5OC(CO)[C@H](O)[C@H](O)C5O)[C@H](O)C4C)C3O)[C@H](O)C2C)[C@@H]1O. The molecule has 10 saturated heterocycles. The number of amides is 1. The fourth-order valence-electron chi connectivity index (χ4n) is 16.3. The van der Waals surface area contributed by atoms with Crippen LogP contribution < -0.4 is 5.32 Å². The molecule has 0 aromatic rings. The minimum atomic E-state index is -2.43. The molecule has 1 amide bonds. The molecule has 0 radical (unpaired) electrons. The first-order valence-corrected chi connectivity index (χ1v) is 39.9. The molecular weight excluding hydrogens is 1630 g/mol. The maximum atomic E-state index is 12.8. The number of hydrogen-bond donors (Lipinski definition) is 24. The summed E-state index contributed by atoms with van der Waals surface area (Å²) < 4.78 is 127. The summed E-state index contributed by atoms with van der Waals surface area (Å²) in [5, 5.41) is 261. The number of esters is 2. The molecule has 0 aromatic carbocycles. The Hall–Kier alpha value is -3.27. The van der Waals surface area contributed by atoms with Gasteiger partial charge in [-0.3, -0.25) is 14.4 Å². The molecule has 21 unspecified atom stereocenters. The first-order chi connectivity index (χ1) is 56.8. The van der Waals surface area contributed by atoms with Gasteiger partial charge in [0, 0.05) is 50.4 Å². The van der Waals surface area contributed by atoms with E-state index >= 15 is 0 Å². The summed E-state index contributed by atoms with van der Waals surface area (Å²) in [5.41, 5.74) is 0. The van der Waals surface area contributed by atoms with Crippen LogP contribution in [-0.2, 0) is 114 Å². The summed E-state index contributed by atoms with van der Waals surface area (Å²) in [6.45, 7) is 3.40. The minimum absolute atomic E-state index is 0.268. The van der Waals surface area contributed by atoms with Crippen LogP contribution in [0.5, 0.6) is 0 Å². The van der Waals surface area contributed by atoms with Gasteiger partial charge in [0.15, 0.2) is 69.0 Å². The summed E-state index contributed by atoms with van der Waals surface area (Å²) in [7, 11) is 0. The fraction of sp³-hybridized carbons (Fsp3) is 0.958. The zero-order chi connectivity index (χ0) is 88.2. The van der Waals surface area contributed by atoms with E-state index in [1.54, 1.807) is 13.8 Å². The van der Waals surface area contributed by atoms with E-state index < -0.39 is 383 Å². The van der Waals surface area contributed by atoms with Crippen molar-refractivity contribution in [3.05, 3.63) is 0 Å². The number of rotatable bonds is 31. The van der Waals surface area contributed by atoms with Crippen molar-refractivity contribution in [1.29, 1.82) is 0 Å². The van der Waals surface area contributed by atoms with Crippen molar-refractivity contribution in [2.75, 3.05) is 66.1 Å². The zero-order valence-electron chi connectivity index (χ0n) is 67.0. The average Bonchev–Trinajstić information content (AvgIpc) is 0.771. The van der Waals surface area contributed by atoms with Crippen molar-refractivity contribution in [2.45, 2.75) is 333 Å². The van der Waals surface area contributed by atoms with E-state index in [4.69, 9.17) is 99.5 Å². The number of aliphatic hydroxyl groups is 23. The van der Waals surface area contributed by atoms with Crippen LogP contribution in [0.2, 0.25) is 0 Å². The van der Waals surface area contributed by atoms with E-state index in [0.29, 0.717) is 0 Å². The van der Waals surface area contributed by atoms with Crippen LogP contribution in [0.4, 0.5) is 0 Å². The summed E-state index contributed by atoms with van der Waals surface area (Å²) >= 11 is 0. The predicted molar refractivity (Wildman–Crippen MR) is 379 cm³/mol. The molecule has 48 nitrogen and oxygen atoms in total. The van der Waals surface area contributed by atoms with Gasteiger partial charge in [0.2, 0.25) is 5.91 Å². The Balaban J connectivity index is 0.966. The molecule has 696 valence electrons. The van der Waals surface area contributed by atoms with Crippen LogP contribution in [0.1, 0.15) is 62.3 Å². The lowest BCUT2D eigenvalue weighted by atomic mass is 9.83. The van der Waals surface area contributed by atoms with Crippen molar-refractivity contribution >= 4 is 17.8 Å². The van der Waals surface area contributed by atoms with E-state index in [9.17, 15) is 132 Å². The van der Waals surface area contributed by atoms with Crippen molar-refractivity contribution in [2.24, 2.45) is 35.5 Å². The molecule has 120 heavy (non-hydrogen) atoms. The lowest BCUT2D eigenvalue weighted by Crippen LogP contribution is -2.68. The second-order valence-electron chi connectivity index (χ2n) is 32.2. The highest BCUT2D eigenvalue weighted by Gasteiger charge is 2.61. The number of nitrogens with one attached hydrogen (secondary N) is 1. The van der Waals surface area contributed by atoms with Crippen LogP contribution in [0.15, 0.2) is 0 Å². The molecule has 24 N–H and O–H groups in total. The van der Waals surface area contributed by atoms with Gasteiger partial charge in [-0.2, -0.15) is 0 Å². The Morgan fingerprint density at radius 2 is 0.592 bits per heavy atom. The largest absolute Gasteiger partial charge is 0.463 e. The highest BCUT2D eigenvalue weighted by Crippen LogP contribution is 2.43. The third-order valence-corrected chi connectivity index (χ3v) is 24.0. The van der Waals surface area contributed by atoms with Gasteiger partial charge in [-0.1, -0.05) is 41.5 Å². The van der Waals surface area contributed by atoms with E-state index in [1.165, 1.54) is 34.6 Å². The monoisotopic (exact) mass is 1750 g/mol. The Labute approximate surface area is 686 Å². The first-order valence-electron chi connectivity index (χ1n) is 39.9. The Morgan fingerprint density at radius 1 is 0.258 bits per heavy atom. The molecule has 0 spiro atoms. The van der Waals surface area contributed by atoms with E-state index in [1.807, 2.05) is 0 Å². The van der Waals surface area contributed by atoms with Crippen LogP contribution in [0.25, 0.3) is 0 Å². The third kappa shape index (κ3) is 21.7. The Kier molecular flexibility index (Phi) is 35.6. The summed E-state index contributed by atoms with van der Waals surface area (Å²) in [4.78, 5) is 36.6. The maximum absolute atomic E-state index is 12.8. The lowest BCUT2D eigenvalue weighted by molar-refractivity contribution is -0.402. The predicted octanol–water partition coefficient (Wildman–Crippen LogP) is -13.9. The molecule has 48 heteroatoms.